The van der Waals surface area contributed by atoms with Gasteiger partial charge in [0, 0.05) is 32.2 Å². The van der Waals surface area contributed by atoms with Crippen LogP contribution in [0.5, 0.6) is 0 Å². The van der Waals surface area contributed by atoms with Crippen molar-refractivity contribution in [3.8, 4) is 0 Å². The van der Waals surface area contributed by atoms with E-state index in [1.165, 1.54) is 0 Å². The number of hydrogen-bond donors (Lipinski definition) is 1. The molecule has 1 N–H and O–H groups in total. The molecule has 112 valence electrons. The number of amides is 1. The van der Waals surface area contributed by atoms with Crippen LogP contribution in [0.3, 0.4) is 0 Å². The first-order valence-corrected chi connectivity index (χ1v) is 7.16. The van der Waals surface area contributed by atoms with E-state index in [0.29, 0.717) is 38.0 Å². The Balaban J connectivity index is 1.91. The summed E-state index contributed by atoms with van der Waals surface area (Å²) in [6.45, 7) is 6.89. The van der Waals surface area contributed by atoms with Crippen LogP contribution in [-0.4, -0.2) is 52.9 Å². The Bertz CT molecular complexity index is 483. The van der Waals surface area contributed by atoms with Crippen LogP contribution >= 0.6 is 11.6 Å². The summed E-state index contributed by atoms with van der Waals surface area (Å²) in [6, 6.07) is -0.247. The molecule has 0 aliphatic carbocycles. The smallest absolute Gasteiger partial charge is 0.239 e. The highest BCUT2D eigenvalue weighted by atomic mass is 35.5. The Hall–Kier alpha value is -1.11. The molecule has 1 amide bonds. The van der Waals surface area contributed by atoms with Crippen molar-refractivity contribution in [3.05, 3.63) is 16.4 Å². The molecule has 0 bridgehead atoms. The second-order valence-corrected chi connectivity index (χ2v) is 5.38. The Kier molecular flexibility index (Phi) is 5.01. The third kappa shape index (κ3) is 3.31. The fraction of sp³-hybridized carbons (Fsp3) is 0.692. The van der Waals surface area contributed by atoms with Gasteiger partial charge in [-0.05, 0) is 13.8 Å². The Morgan fingerprint density at radius 3 is 2.70 bits per heavy atom. The molecule has 0 saturated carbocycles. The minimum atomic E-state index is -0.247. The first-order chi connectivity index (χ1) is 9.50. The molecule has 1 aliphatic heterocycles. The Morgan fingerprint density at radius 2 is 2.15 bits per heavy atom. The lowest BCUT2D eigenvalue weighted by Crippen LogP contribution is -2.49. The maximum Gasteiger partial charge on any atom is 0.239 e. The zero-order chi connectivity index (χ0) is 14.7. The highest BCUT2D eigenvalue weighted by molar-refractivity contribution is 6.30. The fourth-order valence-electron chi connectivity index (χ4n) is 2.27. The lowest BCUT2D eigenvalue weighted by atomic mass is 10.2. The molecular formula is C13H21ClN4O2. The average Bonchev–Trinajstić information content (AvgIpc) is 2.70. The molecule has 0 radical (unpaired) electrons. The number of nitrogens with zero attached hydrogens (tertiary/aromatic N) is 3. The number of ether oxygens (including phenoxy) is 1. The standard InChI is InChI=1S/C13H21ClN4O2/c1-9-11(12(14)17(3)16-9)8-15-10(2)13(19)18-4-6-20-7-5-18/h10,15H,4-8H2,1-3H3. The summed E-state index contributed by atoms with van der Waals surface area (Å²) in [5.74, 6) is 0.103. The largest absolute Gasteiger partial charge is 0.378 e. The van der Waals surface area contributed by atoms with Gasteiger partial charge in [0.15, 0.2) is 0 Å². The summed E-state index contributed by atoms with van der Waals surface area (Å²) in [4.78, 5) is 14.1. The number of morpholine rings is 1. The van der Waals surface area contributed by atoms with Crippen LogP contribution in [0.2, 0.25) is 5.15 Å². The van der Waals surface area contributed by atoms with Crippen molar-refractivity contribution in [1.29, 1.82) is 0 Å². The number of rotatable bonds is 4. The van der Waals surface area contributed by atoms with Crippen molar-refractivity contribution in [3.63, 3.8) is 0 Å². The quantitative estimate of drug-likeness (QED) is 0.890. The van der Waals surface area contributed by atoms with Gasteiger partial charge < -0.3 is 15.0 Å². The fourth-order valence-corrected chi connectivity index (χ4v) is 2.52. The predicted molar refractivity (Wildman–Crippen MR) is 76.7 cm³/mol. The summed E-state index contributed by atoms with van der Waals surface area (Å²) in [7, 11) is 1.81. The Morgan fingerprint density at radius 1 is 1.50 bits per heavy atom. The van der Waals surface area contributed by atoms with Crippen LogP contribution < -0.4 is 5.32 Å². The van der Waals surface area contributed by atoms with Gasteiger partial charge in [-0.25, -0.2) is 0 Å². The number of hydrogen-bond acceptors (Lipinski definition) is 4. The third-order valence-electron chi connectivity index (χ3n) is 3.55. The lowest BCUT2D eigenvalue weighted by molar-refractivity contribution is -0.137. The van der Waals surface area contributed by atoms with Crippen LogP contribution in [0, 0.1) is 6.92 Å². The maximum absolute atomic E-state index is 12.2. The molecule has 1 aromatic heterocycles. The number of aryl methyl sites for hydroxylation is 2. The van der Waals surface area contributed by atoms with E-state index in [1.807, 2.05) is 18.7 Å². The van der Waals surface area contributed by atoms with Crippen molar-refractivity contribution in [2.75, 3.05) is 26.3 Å². The highest BCUT2D eigenvalue weighted by Crippen LogP contribution is 2.18. The molecule has 1 aliphatic rings. The predicted octanol–water partition coefficient (Wildman–Crippen LogP) is 0.719. The minimum Gasteiger partial charge on any atom is -0.378 e. The molecule has 1 atom stereocenters. The topological polar surface area (TPSA) is 59.4 Å². The third-order valence-corrected chi connectivity index (χ3v) is 4.02. The lowest BCUT2D eigenvalue weighted by Gasteiger charge is -2.29. The van der Waals surface area contributed by atoms with Crippen LogP contribution in [0.4, 0.5) is 0 Å². The van der Waals surface area contributed by atoms with Gasteiger partial charge in [-0.3, -0.25) is 9.48 Å². The molecule has 2 heterocycles. The number of carbonyl (C=O) groups excluding carboxylic acids is 1. The molecule has 1 aromatic rings. The highest BCUT2D eigenvalue weighted by Gasteiger charge is 2.22. The van der Waals surface area contributed by atoms with E-state index in [1.54, 1.807) is 11.7 Å². The summed E-state index contributed by atoms with van der Waals surface area (Å²) in [5.41, 5.74) is 1.83. The van der Waals surface area contributed by atoms with Crippen LogP contribution in [0.25, 0.3) is 0 Å². The van der Waals surface area contributed by atoms with Gasteiger partial charge in [-0.15, -0.1) is 0 Å². The first kappa shape index (κ1) is 15.3. The second kappa shape index (κ2) is 6.56. The maximum atomic E-state index is 12.2. The molecule has 1 fully saturated rings. The van der Waals surface area contributed by atoms with E-state index in [-0.39, 0.29) is 11.9 Å². The van der Waals surface area contributed by atoms with E-state index in [0.717, 1.165) is 11.3 Å². The number of aromatic nitrogens is 2. The van der Waals surface area contributed by atoms with E-state index in [9.17, 15) is 4.79 Å². The van der Waals surface area contributed by atoms with Crippen molar-refractivity contribution >= 4 is 17.5 Å². The summed E-state index contributed by atoms with van der Waals surface area (Å²) in [5, 5.41) is 8.09. The Labute approximate surface area is 124 Å². The number of carbonyl (C=O) groups is 1. The van der Waals surface area contributed by atoms with E-state index in [4.69, 9.17) is 16.3 Å². The molecule has 0 spiro atoms. The van der Waals surface area contributed by atoms with Crippen LogP contribution in [-0.2, 0) is 23.1 Å². The van der Waals surface area contributed by atoms with Gasteiger partial charge in [-0.1, -0.05) is 11.6 Å². The molecule has 2 rings (SSSR count). The molecule has 20 heavy (non-hydrogen) atoms. The van der Waals surface area contributed by atoms with E-state index >= 15 is 0 Å². The second-order valence-electron chi connectivity index (χ2n) is 5.02. The molecule has 0 aromatic carbocycles. The van der Waals surface area contributed by atoms with E-state index < -0.39 is 0 Å². The van der Waals surface area contributed by atoms with Gasteiger partial charge in [0.05, 0.1) is 24.9 Å². The summed E-state index contributed by atoms with van der Waals surface area (Å²) < 4.78 is 6.89. The average molecular weight is 301 g/mol. The summed E-state index contributed by atoms with van der Waals surface area (Å²) >= 11 is 6.17. The molecule has 1 unspecified atom stereocenters. The first-order valence-electron chi connectivity index (χ1n) is 6.78. The molecule has 1 saturated heterocycles. The monoisotopic (exact) mass is 300 g/mol. The minimum absolute atomic E-state index is 0.103. The van der Waals surface area contributed by atoms with Crippen LogP contribution in [0.1, 0.15) is 18.2 Å². The normalized spacial score (nSPS) is 17.3. The molecule has 7 heteroatoms. The summed E-state index contributed by atoms with van der Waals surface area (Å²) in [6.07, 6.45) is 0. The van der Waals surface area contributed by atoms with Gasteiger partial charge >= 0.3 is 0 Å². The van der Waals surface area contributed by atoms with Crippen molar-refractivity contribution < 1.29 is 9.53 Å². The van der Waals surface area contributed by atoms with Crippen molar-refractivity contribution in [2.24, 2.45) is 7.05 Å². The van der Waals surface area contributed by atoms with Crippen molar-refractivity contribution in [1.82, 2.24) is 20.0 Å². The van der Waals surface area contributed by atoms with Gasteiger partial charge in [0.25, 0.3) is 0 Å². The van der Waals surface area contributed by atoms with Gasteiger partial charge in [0.1, 0.15) is 5.15 Å². The molecule has 6 nitrogen and oxygen atoms in total. The van der Waals surface area contributed by atoms with Gasteiger partial charge in [0.2, 0.25) is 5.91 Å². The SMILES string of the molecule is Cc1nn(C)c(Cl)c1CNC(C)C(=O)N1CCOCC1. The van der Waals surface area contributed by atoms with Crippen molar-refractivity contribution in [2.45, 2.75) is 26.4 Å². The molecular weight excluding hydrogens is 280 g/mol. The van der Waals surface area contributed by atoms with E-state index in [2.05, 4.69) is 10.4 Å². The zero-order valence-electron chi connectivity index (χ0n) is 12.1. The van der Waals surface area contributed by atoms with Gasteiger partial charge in [-0.2, -0.15) is 5.10 Å². The van der Waals surface area contributed by atoms with Crippen LogP contribution in [0.15, 0.2) is 0 Å². The number of halogens is 1. The zero-order valence-corrected chi connectivity index (χ0v) is 12.9. The number of nitrogens with one attached hydrogen (secondary N) is 1.